The van der Waals surface area contributed by atoms with Gasteiger partial charge in [0.2, 0.25) is 0 Å². The summed E-state index contributed by atoms with van der Waals surface area (Å²) >= 11 is 0. The second kappa shape index (κ2) is 23.5. The highest BCUT2D eigenvalue weighted by Gasteiger charge is 1.96. The Morgan fingerprint density at radius 3 is 1.43 bits per heavy atom. The molecule has 0 saturated carbocycles. The molecule has 0 amide bonds. The minimum absolute atomic E-state index is 0.325. The topological polar surface area (TPSA) is 37.3 Å². The molecule has 2 nitrogen and oxygen atoms in total. The van der Waals surface area contributed by atoms with Crippen LogP contribution < -0.4 is 0 Å². The van der Waals surface area contributed by atoms with Gasteiger partial charge in [-0.05, 0) is 51.4 Å². The Bertz CT molecular complexity index is 443. The number of allylic oxidation sites excluding steroid dienone is 8. The van der Waals surface area contributed by atoms with Crippen LogP contribution in [0.3, 0.4) is 0 Å². The van der Waals surface area contributed by atoms with E-state index in [1.54, 1.807) is 0 Å². The van der Waals surface area contributed by atoms with E-state index in [2.05, 4.69) is 55.5 Å². The van der Waals surface area contributed by atoms with Gasteiger partial charge in [0.15, 0.2) is 0 Å². The van der Waals surface area contributed by atoms with E-state index in [1.165, 1.54) is 64.2 Å². The minimum atomic E-state index is -0.668. The average molecular weight is 389 g/mol. The van der Waals surface area contributed by atoms with Crippen LogP contribution in [0.5, 0.6) is 0 Å². The molecule has 0 saturated heterocycles. The normalized spacial score (nSPS) is 12.3. The van der Waals surface area contributed by atoms with Crippen LogP contribution in [0.4, 0.5) is 0 Å². The zero-order valence-corrected chi connectivity index (χ0v) is 18.3. The Balaban J connectivity index is 3.32. The van der Waals surface area contributed by atoms with E-state index in [1.807, 2.05) is 0 Å². The minimum Gasteiger partial charge on any atom is -0.481 e. The third kappa shape index (κ3) is 24.4. The Labute approximate surface area is 174 Å². The molecule has 28 heavy (non-hydrogen) atoms. The van der Waals surface area contributed by atoms with E-state index in [9.17, 15) is 4.79 Å². The van der Waals surface area contributed by atoms with Crippen molar-refractivity contribution in [1.29, 1.82) is 0 Å². The van der Waals surface area contributed by atoms with Crippen molar-refractivity contribution in [3.05, 3.63) is 48.6 Å². The van der Waals surface area contributed by atoms with Gasteiger partial charge in [-0.1, -0.05) is 100 Å². The molecule has 0 heterocycles. The second-order valence-electron chi connectivity index (χ2n) is 7.50. The van der Waals surface area contributed by atoms with E-state index >= 15 is 0 Å². The Kier molecular flexibility index (Phi) is 22.2. The summed E-state index contributed by atoms with van der Waals surface area (Å²) in [4.78, 5) is 10.4. The lowest BCUT2D eigenvalue weighted by molar-refractivity contribution is -0.137. The number of carbonyl (C=O) groups is 1. The highest BCUT2D eigenvalue weighted by Crippen LogP contribution is 2.10. The van der Waals surface area contributed by atoms with E-state index in [4.69, 9.17) is 5.11 Å². The van der Waals surface area contributed by atoms with Crippen molar-refractivity contribution in [3.63, 3.8) is 0 Å². The molecule has 0 aliphatic heterocycles. The number of hydrogen-bond donors (Lipinski definition) is 1. The van der Waals surface area contributed by atoms with Crippen LogP contribution in [0.2, 0.25) is 0 Å². The fourth-order valence-corrected chi connectivity index (χ4v) is 2.98. The fraction of sp³-hybridized carbons (Fsp3) is 0.654. The van der Waals surface area contributed by atoms with Crippen LogP contribution in [0.15, 0.2) is 48.6 Å². The van der Waals surface area contributed by atoms with Crippen molar-refractivity contribution in [2.24, 2.45) is 0 Å². The van der Waals surface area contributed by atoms with Crippen molar-refractivity contribution in [2.45, 2.75) is 110 Å². The summed E-state index contributed by atoms with van der Waals surface area (Å²) in [6, 6.07) is 0. The molecule has 1 N–H and O–H groups in total. The number of aliphatic carboxylic acids is 1. The van der Waals surface area contributed by atoms with Gasteiger partial charge in [-0.25, -0.2) is 0 Å². The molecule has 0 aromatic carbocycles. The summed E-state index contributed by atoms with van der Waals surface area (Å²) in [6.45, 7) is 2.25. The molecule has 0 bridgehead atoms. The second-order valence-corrected chi connectivity index (χ2v) is 7.50. The summed E-state index contributed by atoms with van der Waals surface area (Å²) < 4.78 is 0. The third-order valence-electron chi connectivity index (χ3n) is 4.72. The predicted octanol–water partition coefficient (Wildman–Crippen LogP) is 8.56. The molecular weight excluding hydrogens is 344 g/mol. The first-order chi connectivity index (χ1) is 13.8. The average Bonchev–Trinajstić information content (AvgIpc) is 2.68. The lowest BCUT2D eigenvalue weighted by atomic mass is 10.1. The van der Waals surface area contributed by atoms with Crippen molar-refractivity contribution in [3.8, 4) is 0 Å². The number of carboxylic acids is 1. The highest BCUT2D eigenvalue weighted by atomic mass is 16.4. The zero-order chi connectivity index (χ0) is 20.5. The SMILES string of the molecule is CCCCCC=CCC=CCC=CCC=CCCCCCCCCCC(=O)O. The van der Waals surface area contributed by atoms with Crippen molar-refractivity contribution in [1.82, 2.24) is 0 Å². The van der Waals surface area contributed by atoms with Gasteiger partial charge in [0.05, 0.1) is 0 Å². The molecule has 0 atom stereocenters. The number of unbranched alkanes of at least 4 members (excludes halogenated alkanes) is 10. The van der Waals surface area contributed by atoms with Gasteiger partial charge in [-0.2, -0.15) is 0 Å². The molecule has 0 rings (SSSR count). The van der Waals surface area contributed by atoms with Crippen LogP contribution in [0, 0.1) is 0 Å². The standard InChI is InChI=1S/C26H44O2/c1-2-3-4-5-6-7-8-9-10-11-12-13-14-15-16-17-18-19-20-21-22-23-24-25-26(27)28/h6-7,9-10,12-13,15-16H,2-5,8,11,14,17-25H2,1H3,(H,27,28). The molecule has 0 radical (unpaired) electrons. The van der Waals surface area contributed by atoms with Gasteiger partial charge in [0.1, 0.15) is 0 Å². The van der Waals surface area contributed by atoms with Crippen molar-refractivity contribution >= 4 is 5.97 Å². The van der Waals surface area contributed by atoms with Crippen molar-refractivity contribution < 1.29 is 9.90 Å². The molecule has 0 aromatic heterocycles. The van der Waals surface area contributed by atoms with Gasteiger partial charge in [-0.15, -0.1) is 0 Å². The smallest absolute Gasteiger partial charge is 0.303 e. The highest BCUT2D eigenvalue weighted by molar-refractivity contribution is 5.66. The largest absolute Gasteiger partial charge is 0.481 e. The fourth-order valence-electron chi connectivity index (χ4n) is 2.98. The number of hydrogen-bond acceptors (Lipinski definition) is 1. The summed E-state index contributed by atoms with van der Waals surface area (Å²) in [6.07, 6.45) is 36.1. The van der Waals surface area contributed by atoms with Crippen LogP contribution in [0.25, 0.3) is 0 Å². The Morgan fingerprint density at radius 2 is 0.964 bits per heavy atom. The molecule has 0 aromatic rings. The maximum absolute atomic E-state index is 10.4. The molecule has 0 spiro atoms. The molecular formula is C26H44O2. The molecule has 0 unspecified atom stereocenters. The lowest BCUT2D eigenvalue weighted by Gasteiger charge is -2.00. The van der Waals surface area contributed by atoms with Crippen molar-refractivity contribution in [2.75, 3.05) is 0 Å². The summed E-state index contributed by atoms with van der Waals surface area (Å²) in [5.41, 5.74) is 0. The van der Waals surface area contributed by atoms with Gasteiger partial charge in [0.25, 0.3) is 0 Å². The molecule has 0 fully saturated rings. The van der Waals surface area contributed by atoms with E-state index < -0.39 is 5.97 Å². The van der Waals surface area contributed by atoms with Crippen LogP contribution in [-0.4, -0.2) is 11.1 Å². The number of carboxylic acid groups (broad SMARTS) is 1. The summed E-state index contributed by atoms with van der Waals surface area (Å²) in [5, 5.41) is 8.57. The molecule has 160 valence electrons. The molecule has 2 heteroatoms. The zero-order valence-electron chi connectivity index (χ0n) is 18.3. The van der Waals surface area contributed by atoms with Gasteiger partial charge in [-0.3, -0.25) is 4.79 Å². The summed E-state index contributed by atoms with van der Waals surface area (Å²) in [7, 11) is 0. The first kappa shape index (κ1) is 26.4. The first-order valence-corrected chi connectivity index (χ1v) is 11.6. The van der Waals surface area contributed by atoms with Crippen LogP contribution in [-0.2, 0) is 4.79 Å². The Hall–Kier alpha value is -1.57. The van der Waals surface area contributed by atoms with Gasteiger partial charge in [0, 0.05) is 6.42 Å². The lowest BCUT2D eigenvalue weighted by Crippen LogP contribution is -1.93. The Morgan fingerprint density at radius 1 is 0.571 bits per heavy atom. The molecule has 0 aliphatic rings. The number of rotatable bonds is 20. The maximum atomic E-state index is 10.4. The van der Waals surface area contributed by atoms with Gasteiger partial charge < -0.3 is 5.11 Å². The quantitative estimate of drug-likeness (QED) is 0.167. The van der Waals surface area contributed by atoms with E-state index in [0.29, 0.717) is 6.42 Å². The monoisotopic (exact) mass is 388 g/mol. The molecule has 0 aliphatic carbocycles. The van der Waals surface area contributed by atoms with E-state index in [0.717, 1.165) is 32.1 Å². The van der Waals surface area contributed by atoms with Crippen LogP contribution >= 0.6 is 0 Å². The first-order valence-electron chi connectivity index (χ1n) is 11.6. The third-order valence-corrected chi connectivity index (χ3v) is 4.72. The van der Waals surface area contributed by atoms with Crippen LogP contribution in [0.1, 0.15) is 110 Å². The maximum Gasteiger partial charge on any atom is 0.303 e. The van der Waals surface area contributed by atoms with E-state index in [-0.39, 0.29) is 0 Å². The summed E-state index contributed by atoms with van der Waals surface area (Å²) in [5.74, 6) is -0.668. The predicted molar refractivity (Wildman–Crippen MR) is 124 cm³/mol. The van der Waals surface area contributed by atoms with Gasteiger partial charge >= 0.3 is 5.97 Å².